The van der Waals surface area contributed by atoms with Crippen LogP contribution in [0.5, 0.6) is 0 Å². The van der Waals surface area contributed by atoms with Crippen molar-refractivity contribution in [1.29, 1.82) is 0 Å². The van der Waals surface area contributed by atoms with Crippen molar-refractivity contribution in [3.05, 3.63) is 33.3 Å². The highest BCUT2D eigenvalue weighted by atomic mass is 79.9. The SMILES string of the molecule is CCCNC(C(N)=O)c1ccc(Cl)c(Br)c1. The number of primary amides is 1. The third-order valence-electron chi connectivity index (χ3n) is 2.16. The molecule has 1 atom stereocenters. The molecule has 0 bridgehead atoms. The van der Waals surface area contributed by atoms with Crippen LogP contribution >= 0.6 is 27.5 Å². The standard InChI is InChI=1S/C11H14BrClN2O/c1-2-5-15-10(11(14)16)7-3-4-9(13)8(12)6-7/h3-4,6,10,15H,2,5H2,1H3,(H2,14,16). The molecule has 1 aromatic carbocycles. The Labute approximate surface area is 108 Å². The first-order valence-corrected chi connectivity index (χ1v) is 6.21. The molecular formula is C11H14BrClN2O. The zero-order chi connectivity index (χ0) is 12.1. The first-order chi connectivity index (χ1) is 7.56. The van der Waals surface area contributed by atoms with Gasteiger partial charge in [-0.3, -0.25) is 4.79 Å². The van der Waals surface area contributed by atoms with Gasteiger partial charge in [0.15, 0.2) is 0 Å². The summed E-state index contributed by atoms with van der Waals surface area (Å²) in [6.07, 6.45) is 0.943. The van der Waals surface area contributed by atoms with Crippen molar-refractivity contribution in [3.8, 4) is 0 Å². The van der Waals surface area contributed by atoms with Gasteiger partial charge < -0.3 is 11.1 Å². The molecular weight excluding hydrogens is 291 g/mol. The highest BCUT2D eigenvalue weighted by molar-refractivity contribution is 9.10. The van der Waals surface area contributed by atoms with Crippen LogP contribution in [-0.2, 0) is 4.79 Å². The zero-order valence-electron chi connectivity index (χ0n) is 8.97. The van der Waals surface area contributed by atoms with Crippen LogP contribution in [0.1, 0.15) is 24.9 Å². The minimum Gasteiger partial charge on any atom is -0.368 e. The fourth-order valence-electron chi connectivity index (χ4n) is 1.36. The van der Waals surface area contributed by atoms with Gasteiger partial charge in [-0.15, -0.1) is 0 Å². The van der Waals surface area contributed by atoms with Gasteiger partial charge in [-0.25, -0.2) is 0 Å². The lowest BCUT2D eigenvalue weighted by atomic mass is 10.1. The van der Waals surface area contributed by atoms with Crippen LogP contribution in [-0.4, -0.2) is 12.5 Å². The molecule has 0 fully saturated rings. The molecule has 0 aliphatic heterocycles. The summed E-state index contributed by atoms with van der Waals surface area (Å²) in [6.45, 7) is 2.77. The lowest BCUT2D eigenvalue weighted by molar-refractivity contribution is -0.120. The van der Waals surface area contributed by atoms with Gasteiger partial charge in [-0.05, 0) is 46.6 Å². The molecule has 0 aliphatic rings. The summed E-state index contributed by atoms with van der Waals surface area (Å²) in [5.74, 6) is -0.386. The van der Waals surface area contributed by atoms with Gasteiger partial charge in [0, 0.05) is 4.47 Å². The number of hydrogen-bond donors (Lipinski definition) is 2. The molecule has 0 aromatic heterocycles. The lowest BCUT2D eigenvalue weighted by Crippen LogP contribution is -2.34. The maximum atomic E-state index is 11.3. The molecule has 5 heteroatoms. The van der Waals surface area contributed by atoms with E-state index in [0.717, 1.165) is 23.0 Å². The van der Waals surface area contributed by atoms with Crippen LogP contribution in [0.25, 0.3) is 0 Å². The molecule has 0 aliphatic carbocycles. The van der Waals surface area contributed by atoms with Crippen LogP contribution in [0.3, 0.4) is 0 Å². The topological polar surface area (TPSA) is 55.1 Å². The van der Waals surface area contributed by atoms with Crippen molar-refractivity contribution in [3.63, 3.8) is 0 Å². The second-order valence-corrected chi connectivity index (χ2v) is 4.72. The Morgan fingerprint density at radius 1 is 1.62 bits per heavy atom. The van der Waals surface area contributed by atoms with Gasteiger partial charge in [-0.2, -0.15) is 0 Å². The molecule has 1 unspecified atom stereocenters. The molecule has 0 spiro atoms. The second kappa shape index (κ2) is 6.23. The van der Waals surface area contributed by atoms with E-state index < -0.39 is 6.04 Å². The van der Waals surface area contributed by atoms with Crippen molar-refractivity contribution in [1.82, 2.24) is 5.32 Å². The summed E-state index contributed by atoms with van der Waals surface area (Å²) in [4.78, 5) is 11.3. The van der Waals surface area contributed by atoms with Gasteiger partial charge in [-0.1, -0.05) is 24.6 Å². The smallest absolute Gasteiger partial charge is 0.239 e. The van der Waals surface area contributed by atoms with Crippen LogP contribution in [0.4, 0.5) is 0 Å². The van der Waals surface area contributed by atoms with Crippen molar-refractivity contribution < 1.29 is 4.79 Å². The Balaban J connectivity index is 2.92. The number of hydrogen-bond acceptors (Lipinski definition) is 2. The van der Waals surface area contributed by atoms with Crippen LogP contribution in [0.2, 0.25) is 5.02 Å². The summed E-state index contributed by atoms with van der Waals surface area (Å²) >= 11 is 9.21. The van der Waals surface area contributed by atoms with Crippen molar-refractivity contribution in [2.24, 2.45) is 5.73 Å². The Kier molecular flexibility index (Phi) is 5.25. The number of nitrogens with one attached hydrogen (secondary N) is 1. The normalized spacial score (nSPS) is 12.4. The van der Waals surface area contributed by atoms with Gasteiger partial charge in [0.2, 0.25) is 5.91 Å². The molecule has 1 aromatic rings. The Bertz CT molecular complexity index is 384. The highest BCUT2D eigenvalue weighted by Gasteiger charge is 2.17. The van der Waals surface area contributed by atoms with E-state index in [1.807, 2.05) is 6.92 Å². The largest absolute Gasteiger partial charge is 0.368 e. The molecule has 0 radical (unpaired) electrons. The minimum atomic E-state index is -0.464. The first-order valence-electron chi connectivity index (χ1n) is 5.04. The summed E-state index contributed by atoms with van der Waals surface area (Å²) in [5.41, 5.74) is 6.16. The van der Waals surface area contributed by atoms with E-state index >= 15 is 0 Å². The maximum absolute atomic E-state index is 11.3. The predicted molar refractivity (Wildman–Crippen MR) is 69.4 cm³/mol. The van der Waals surface area contributed by atoms with Gasteiger partial charge in [0.1, 0.15) is 6.04 Å². The summed E-state index contributed by atoms with van der Waals surface area (Å²) < 4.78 is 0.760. The summed E-state index contributed by atoms with van der Waals surface area (Å²) in [5, 5.41) is 3.71. The Morgan fingerprint density at radius 2 is 2.31 bits per heavy atom. The molecule has 3 nitrogen and oxygen atoms in total. The monoisotopic (exact) mass is 304 g/mol. The molecule has 16 heavy (non-hydrogen) atoms. The number of carbonyl (C=O) groups is 1. The number of carbonyl (C=O) groups excluding carboxylic acids is 1. The molecule has 0 heterocycles. The van der Waals surface area contributed by atoms with E-state index in [4.69, 9.17) is 17.3 Å². The Hall–Kier alpha value is -0.580. The third-order valence-corrected chi connectivity index (χ3v) is 3.37. The lowest BCUT2D eigenvalue weighted by Gasteiger charge is -2.15. The number of amides is 1. The fourth-order valence-corrected chi connectivity index (χ4v) is 1.88. The molecule has 0 saturated carbocycles. The highest BCUT2D eigenvalue weighted by Crippen LogP contribution is 2.26. The van der Waals surface area contributed by atoms with Crippen LogP contribution in [0, 0.1) is 0 Å². The summed E-state index contributed by atoms with van der Waals surface area (Å²) in [7, 11) is 0. The van der Waals surface area contributed by atoms with Crippen molar-refractivity contribution in [2.45, 2.75) is 19.4 Å². The van der Waals surface area contributed by atoms with E-state index in [-0.39, 0.29) is 5.91 Å². The molecule has 0 saturated heterocycles. The van der Waals surface area contributed by atoms with E-state index in [1.165, 1.54) is 0 Å². The number of nitrogens with two attached hydrogens (primary N) is 1. The minimum absolute atomic E-state index is 0.386. The third kappa shape index (κ3) is 3.47. The molecule has 3 N–H and O–H groups in total. The molecule has 88 valence electrons. The van der Waals surface area contributed by atoms with E-state index in [1.54, 1.807) is 18.2 Å². The average Bonchev–Trinajstić information content (AvgIpc) is 2.23. The number of rotatable bonds is 5. The van der Waals surface area contributed by atoms with E-state index in [2.05, 4.69) is 21.2 Å². The zero-order valence-corrected chi connectivity index (χ0v) is 11.3. The van der Waals surface area contributed by atoms with Crippen LogP contribution < -0.4 is 11.1 Å². The predicted octanol–water partition coefficient (Wildman–Crippen LogP) is 2.63. The fraction of sp³-hybridized carbons (Fsp3) is 0.364. The van der Waals surface area contributed by atoms with Gasteiger partial charge in [0.25, 0.3) is 0 Å². The van der Waals surface area contributed by atoms with Crippen molar-refractivity contribution in [2.75, 3.05) is 6.54 Å². The van der Waals surface area contributed by atoms with Gasteiger partial charge >= 0.3 is 0 Å². The number of halogens is 2. The number of benzene rings is 1. The van der Waals surface area contributed by atoms with Crippen molar-refractivity contribution >= 4 is 33.4 Å². The van der Waals surface area contributed by atoms with E-state index in [0.29, 0.717) is 5.02 Å². The summed E-state index contributed by atoms with van der Waals surface area (Å²) in [6, 6.07) is 4.88. The molecule has 1 rings (SSSR count). The molecule has 1 amide bonds. The average molecular weight is 306 g/mol. The quantitative estimate of drug-likeness (QED) is 0.878. The van der Waals surface area contributed by atoms with E-state index in [9.17, 15) is 4.79 Å². The maximum Gasteiger partial charge on any atom is 0.239 e. The second-order valence-electron chi connectivity index (χ2n) is 3.46. The first kappa shape index (κ1) is 13.5. The van der Waals surface area contributed by atoms with Crippen LogP contribution in [0.15, 0.2) is 22.7 Å². The van der Waals surface area contributed by atoms with Gasteiger partial charge in [0.05, 0.1) is 5.02 Å². The Morgan fingerprint density at radius 3 is 2.81 bits per heavy atom.